The first kappa shape index (κ1) is 15.4. The number of hydrogen-bond donors (Lipinski definition) is 1. The Bertz CT molecular complexity index is 369. The standard InChI is InChI=1S/C13H21Cl2NO3/c1-9(6-12(3)18-4-5-19-12)7-16-10(17)11(2)8-13(11,14)15/h9H,4-8H2,1-3H3,(H,16,17)/t9-,11+/m1/s1. The zero-order valence-corrected chi connectivity index (χ0v) is 13.1. The van der Waals surface area contributed by atoms with E-state index >= 15 is 0 Å². The molecule has 0 aromatic carbocycles. The summed E-state index contributed by atoms with van der Waals surface area (Å²) in [6.07, 6.45) is 1.25. The van der Waals surface area contributed by atoms with Gasteiger partial charge in [0, 0.05) is 13.0 Å². The molecule has 6 heteroatoms. The second-order valence-electron chi connectivity index (χ2n) is 6.06. The zero-order valence-electron chi connectivity index (χ0n) is 11.6. The van der Waals surface area contributed by atoms with Gasteiger partial charge in [-0.15, -0.1) is 23.2 Å². The lowest BCUT2D eigenvalue weighted by Gasteiger charge is -2.26. The van der Waals surface area contributed by atoms with Crippen molar-refractivity contribution in [2.24, 2.45) is 11.3 Å². The maximum atomic E-state index is 12.0. The van der Waals surface area contributed by atoms with E-state index in [0.29, 0.717) is 26.2 Å². The van der Waals surface area contributed by atoms with Gasteiger partial charge < -0.3 is 14.8 Å². The Morgan fingerprint density at radius 3 is 2.32 bits per heavy atom. The SMILES string of the molecule is C[C@@H](CNC(=O)[C@]1(C)CC1(Cl)Cl)CC1(C)OCCO1. The van der Waals surface area contributed by atoms with Crippen molar-refractivity contribution < 1.29 is 14.3 Å². The molecule has 0 spiro atoms. The van der Waals surface area contributed by atoms with Crippen LogP contribution in [0.4, 0.5) is 0 Å². The molecule has 0 aromatic heterocycles. The third-order valence-corrected chi connectivity index (χ3v) is 5.09. The summed E-state index contributed by atoms with van der Waals surface area (Å²) < 4.78 is 10.2. The average Bonchev–Trinajstić information content (AvgIpc) is 2.65. The minimum atomic E-state index is -0.913. The van der Waals surface area contributed by atoms with Gasteiger partial charge in [0.25, 0.3) is 0 Å². The molecule has 2 fully saturated rings. The number of amides is 1. The molecular weight excluding hydrogens is 289 g/mol. The van der Waals surface area contributed by atoms with Gasteiger partial charge >= 0.3 is 0 Å². The number of nitrogens with one attached hydrogen (secondary N) is 1. The van der Waals surface area contributed by atoms with Gasteiger partial charge in [-0.1, -0.05) is 6.92 Å². The summed E-state index contributed by atoms with van der Waals surface area (Å²) in [5.41, 5.74) is -0.653. The van der Waals surface area contributed by atoms with Gasteiger partial charge in [0.2, 0.25) is 5.91 Å². The van der Waals surface area contributed by atoms with Gasteiger partial charge in [-0.05, 0) is 26.2 Å². The van der Waals surface area contributed by atoms with E-state index in [2.05, 4.69) is 12.2 Å². The van der Waals surface area contributed by atoms with Crippen LogP contribution in [-0.4, -0.2) is 35.8 Å². The van der Waals surface area contributed by atoms with Crippen LogP contribution in [0, 0.1) is 11.3 Å². The molecule has 0 unspecified atom stereocenters. The van der Waals surface area contributed by atoms with Crippen LogP contribution in [0.1, 0.15) is 33.6 Å². The monoisotopic (exact) mass is 309 g/mol. The minimum Gasteiger partial charge on any atom is -0.355 e. The number of halogens is 2. The Morgan fingerprint density at radius 2 is 1.84 bits per heavy atom. The second kappa shape index (κ2) is 5.06. The Kier molecular flexibility index (Phi) is 4.09. The van der Waals surface area contributed by atoms with Gasteiger partial charge in [-0.2, -0.15) is 0 Å². The Hall–Kier alpha value is -0.0300. The van der Waals surface area contributed by atoms with E-state index in [1.165, 1.54) is 0 Å². The predicted molar refractivity (Wildman–Crippen MR) is 74.3 cm³/mol. The van der Waals surface area contributed by atoms with Crippen molar-refractivity contribution in [3.05, 3.63) is 0 Å². The molecule has 1 aliphatic heterocycles. The van der Waals surface area contributed by atoms with Crippen LogP contribution < -0.4 is 5.32 Å². The molecule has 1 saturated carbocycles. The highest BCUT2D eigenvalue weighted by Crippen LogP contribution is 2.63. The lowest BCUT2D eigenvalue weighted by Crippen LogP contribution is -2.38. The minimum absolute atomic E-state index is 0.0808. The van der Waals surface area contributed by atoms with E-state index in [1.54, 1.807) is 6.92 Å². The third-order valence-electron chi connectivity index (χ3n) is 3.99. The summed E-state index contributed by atoms with van der Waals surface area (Å²) >= 11 is 12.0. The van der Waals surface area contributed by atoms with Crippen molar-refractivity contribution in [3.8, 4) is 0 Å². The fourth-order valence-electron chi connectivity index (χ4n) is 2.49. The number of ether oxygens (including phenoxy) is 2. The van der Waals surface area contributed by atoms with Crippen LogP contribution in [0.2, 0.25) is 0 Å². The van der Waals surface area contributed by atoms with Gasteiger partial charge in [0.15, 0.2) is 5.79 Å². The molecule has 1 heterocycles. The van der Waals surface area contributed by atoms with Crippen molar-refractivity contribution in [2.45, 2.75) is 43.7 Å². The molecule has 0 aromatic rings. The summed E-state index contributed by atoms with van der Waals surface area (Å²) in [6.45, 7) is 7.62. The fraction of sp³-hybridized carbons (Fsp3) is 0.923. The van der Waals surface area contributed by atoms with Crippen LogP contribution in [0.15, 0.2) is 0 Å². The van der Waals surface area contributed by atoms with Gasteiger partial charge in [0.1, 0.15) is 4.33 Å². The van der Waals surface area contributed by atoms with Gasteiger partial charge in [-0.3, -0.25) is 4.79 Å². The van der Waals surface area contributed by atoms with Gasteiger partial charge in [0.05, 0.1) is 18.6 Å². The molecule has 0 bridgehead atoms. The molecule has 1 amide bonds. The molecule has 1 saturated heterocycles. The average molecular weight is 310 g/mol. The van der Waals surface area contributed by atoms with Crippen LogP contribution in [0.5, 0.6) is 0 Å². The molecule has 1 N–H and O–H groups in total. The summed E-state index contributed by atoms with van der Waals surface area (Å²) in [5.74, 6) is -0.340. The van der Waals surface area contributed by atoms with E-state index in [4.69, 9.17) is 32.7 Å². The Balaban J connectivity index is 1.75. The van der Waals surface area contributed by atoms with Crippen LogP contribution in [0.3, 0.4) is 0 Å². The summed E-state index contributed by atoms with van der Waals surface area (Å²) in [7, 11) is 0. The quantitative estimate of drug-likeness (QED) is 0.794. The smallest absolute Gasteiger partial charge is 0.229 e. The largest absolute Gasteiger partial charge is 0.355 e. The molecule has 110 valence electrons. The number of carbonyl (C=O) groups excluding carboxylic acids is 1. The molecule has 1 aliphatic carbocycles. The molecule has 4 nitrogen and oxygen atoms in total. The van der Waals surface area contributed by atoms with E-state index in [1.807, 2.05) is 6.92 Å². The highest BCUT2D eigenvalue weighted by atomic mass is 35.5. The first-order chi connectivity index (χ1) is 8.69. The fourth-order valence-corrected chi connectivity index (χ4v) is 3.19. The first-order valence-electron chi connectivity index (χ1n) is 6.63. The van der Waals surface area contributed by atoms with Gasteiger partial charge in [-0.25, -0.2) is 0 Å². The molecule has 2 rings (SSSR count). The van der Waals surface area contributed by atoms with E-state index in [9.17, 15) is 4.79 Å². The van der Waals surface area contributed by atoms with E-state index in [0.717, 1.165) is 6.42 Å². The van der Waals surface area contributed by atoms with Crippen molar-refractivity contribution in [1.29, 1.82) is 0 Å². The number of alkyl halides is 2. The molecule has 19 heavy (non-hydrogen) atoms. The lowest BCUT2D eigenvalue weighted by atomic mass is 10.0. The molecule has 2 aliphatic rings. The third kappa shape index (κ3) is 3.18. The van der Waals surface area contributed by atoms with Crippen LogP contribution in [0.25, 0.3) is 0 Å². The van der Waals surface area contributed by atoms with Crippen molar-refractivity contribution in [1.82, 2.24) is 5.32 Å². The second-order valence-corrected chi connectivity index (χ2v) is 7.55. The molecule has 0 radical (unpaired) electrons. The maximum Gasteiger partial charge on any atom is 0.229 e. The topological polar surface area (TPSA) is 47.6 Å². The number of rotatable bonds is 5. The Morgan fingerprint density at radius 1 is 1.32 bits per heavy atom. The predicted octanol–water partition coefficient (Wildman–Crippen LogP) is 2.48. The maximum absolute atomic E-state index is 12.0. The molecular formula is C13H21Cl2NO3. The lowest BCUT2D eigenvalue weighted by molar-refractivity contribution is -0.154. The van der Waals surface area contributed by atoms with E-state index < -0.39 is 15.5 Å². The van der Waals surface area contributed by atoms with Crippen LogP contribution in [-0.2, 0) is 14.3 Å². The highest BCUT2D eigenvalue weighted by molar-refractivity contribution is 6.53. The van der Waals surface area contributed by atoms with Crippen molar-refractivity contribution >= 4 is 29.1 Å². The summed E-state index contributed by atoms with van der Waals surface area (Å²) in [6, 6.07) is 0. The Labute approximate surface area is 124 Å². The zero-order chi connectivity index (χ0) is 14.3. The first-order valence-corrected chi connectivity index (χ1v) is 7.38. The van der Waals surface area contributed by atoms with Crippen LogP contribution >= 0.6 is 23.2 Å². The molecule has 2 atom stereocenters. The van der Waals surface area contributed by atoms with E-state index in [-0.39, 0.29) is 11.8 Å². The summed E-state index contributed by atoms with van der Waals surface area (Å²) in [5, 5.41) is 2.91. The summed E-state index contributed by atoms with van der Waals surface area (Å²) in [4.78, 5) is 12.0. The number of carbonyl (C=O) groups is 1. The normalized spacial score (nSPS) is 32.9. The highest BCUT2D eigenvalue weighted by Gasteiger charge is 2.67. The van der Waals surface area contributed by atoms with Crippen molar-refractivity contribution in [2.75, 3.05) is 19.8 Å². The van der Waals surface area contributed by atoms with Crippen molar-refractivity contribution in [3.63, 3.8) is 0 Å². The number of hydrogen-bond acceptors (Lipinski definition) is 3.